The highest BCUT2D eigenvalue weighted by Crippen LogP contribution is 2.42. The Balaban J connectivity index is 2.66. The first-order valence-electron chi connectivity index (χ1n) is 4.50. The van der Waals surface area contributed by atoms with Gasteiger partial charge in [0.25, 0.3) is 0 Å². The summed E-state index contributed by atoms with van der Waals surface area (Å²) < 4.78 is 64.5. The Morgan fingerprint density at radius 1 is 0.941 bits per heavy atom. The molecule has 6 heteroatoms. The number of alkyl halides is 3. The summed E-state index contributed by atoms with van der Waals surface area (Å²) in [5.41, 5.74) is -1.65. The molecule has 2 rings (SSSR count). The van der Waals surface area contributed by atoms with Crippen molar-refractivity contribution in [3.63, 3.8) is 0 Å². The smallest absolute Gasteiger partial charge is 0.206 e. The van der Waals surface area contributed by atoms with E-state index in [1.165, 1.54) is 0 Å². The first kappa shape index (κ1) is 12.0. The summed E-state index contributed by atoms with van der Waals surface area (Å²) in [4.78, 5) is -0.437. The van der Waals surface area contributed by atoms with Gasteiger partial charge in [-0.25, -0.2) is 8.78 Å². The highest BCUT2D eigenvalue weighted by Gasteiger charge is 2.35. The Morgan fingerprint density at radius 3 is 2.06 bits per heavy atom. The molecule has 0 saturated carbocycles. The minimum atomic E-state index is -4.62. The van der Waals surface area contributed by atoms with E-state index in [0.29, 0.717) is 11.3 Å². The van der Waals surface area contributed by atoms with Gasteiger partial charge in [0.05, 0.1) is 16.0 Å². The molecule has 0 aliphatic heterocycles. The molecule has 0 amide bonds. The molecule has 17 heavy (non-hydrogen) atoms. The van der Waals surface area contributed by atoms with Gasteiger partial charge in [-0.15, -0.1) is 11.3 Å². The number of hydrogen-bond acceptors (Lipinski definition) is 1. The third kappa shape index (κ3) is 2.17. The van der Waals surface area contributed by atoms with Crippen LogP contribution in [0.4, 0.5) is 22.0 Å². The van der Waals surface area contributed by atoms with E-state index in [1.54, 1.807) is 0 Å². The van der Waals surface area contributed by atoms with Crippen LogP contribution in [0.3, 0.4) is 0 Å². The first-order valence-corrected chi connectivity index (χ1v) is 5.38. The predicted molar refractivity (Wildman–Crippen MR) is 54.7 cm³/mol. The Bertz CT molecular complexity index is 521. The number of thiophene rings is 1. The van der Waals surface area contributed by atoms with E-state index in [4.69, 9.17) is 0 Å². The van der Waals surface area contributed by atoms with Gasteiger partial charge in [0, 0.05) is 0 Å². The standard InChI is InChI=1S/C11H5F5S/c12-7-2-1-3-8(13)9(7)10-6(4-5-17-10)11(14,15)16/h1-5H. The second-order valence-corrected chi connectivity index (χ2v) is 4.17. The SMILES string of the molecule is Fc1cccc(F)c1-c1sccc1C(F)(F)F. The predicted octanol–water partition coefficient (Wildman–Crippen LogP) is 4.71. The molecule has 90 valence electrons. The van der Waals surface area contributed by atoms with E-state index in [2.05, 4.69) is 0 Å². The highest BCUT2D eigenvalue weighted by molar-refractivity contribution is 7.13. The van der Waals surface area contributed by atoms with Crippen LogP contribution in [0.5, 0.6) is 0 Å². The van der Waals surface area contributed by atoms with Crippen LogP contribution < -0.4 is 0 Å². The van der Waals surface area contributed by atoms with Crippen molar-refractivity contribution in [3.8, 4) is 10.4 Å². The summed E-state index contributed by atoms with van der Waals surface area (Å²) >= 11 is 0.658. The van der Waals surface area contributed by atoms with Crippen LogP contribution in [-0.2, 0) is 6.18 Å². The lowest BCUT2D eigenvalue weighted by Gasteiger charge is -2.09. The van der Waals surface area contributed by atoms with Crippen LogP contribution in [-0.4, -0.2) is 0 Å². The molecule has 1 heterocycles. The summed E-state index contributed by atoms with van der Waals surface area (Å²) in [6.07, 6.45) is -4.62. The molecular formula is C11H5F5S. The molecule has 0 radical (unpaired) electrons. The lowest BCUT2D eigenvalue weighted by atomic mass is 10.1. The van der Waals surface area contributed by atoms with Crippen molar-refractivity contribution in [3.05, 3.63) is 46.8 Å². The minimum absolute atomic E-state index is 0.437. The van der Waals surface area contributed by atoms with Crippen molar-refractivity contribution in [2.24, 2.45) is 0 Å². The Kier molecular flexibility index (Phi) is 2.91. The van der Waals surface area contributed by atoms with Crippen molar-refractivity contribution in [1.82, 2.24) is 0 Å². The van der Waals surface area contributed by atoms with Gasteiger partial charge in [0.15, 0.2) is 0 Å². The molecule has 0 unspecified atom stereocenters. The van der Waals surface area contributed by atoms with Gasteiger partial charge in [0.1, 0.15) is 11.6 Å². The maximum absolute atomic E-state index is 13.4. The lowest BCUT2D eigenvalue weighted by molar-refractivity contribution is -0.136. The summed E-state index contributed by atoms with van der Waals surface area (Å²) in [5, 5.41) is 1.16. The van der Waals surface area contributed by atoms with Gasteiger partial charge in [-0.2, -0.15) is 13.2 Å². The highest BCUT2D eigenvalue weighted by atomic mass is 32.1. The molecule has 0 bridgehead atoms. The van der Waals surface area contributed by atoms with E-state index in [-0.39, 0.29) is 0 Å². The van der Waals surface area contributed by atoms with Gasteiger partial charge in [-0.05, 0) is 23.6 Å². The minimum Gasteiger partial charge on any atom is -0.206 e. The summed E-state index contributed by atoms with van der Waals surface area (Å²) in [6.45, 7) is 0. The van der Waals surface area contributed by atoms with Crippen LogP contribution in [0, 0.1) is 11.6 Å². The van der Waals surface area contributed by atoms with Gasteiger partial charge in [0.2, 0.25) is 0 Å². The second-order valence-electron chi connectivity index (χ2n) is 3.26. The van der Waals surface area contributed by atoms with Crippen molar-refractivity contribution in [1.29, 1.82) is 0 Å². The van der Waals surface area contributed by atoms with E-state index in [0.717, 1.165) is 29.6 Å². The zero-order chi connectivity index (χ0) is 12.6. The molecule has 0 nitrogen and oxygen atoms in total. The Labute approximate surface area is 97.3 Å². The molecule has 0 aliphatic carbocycles. The maximum atomic E-state index is 13.4. The average molecular weight is 264 g/mol. The number of hydrogen-bond donors (Lipinski definition) is 0. The van der Waals surface area contributed by atoms with Crippen molar-refractivity contribution in [2.45, 2.75) is 6.18 Å². The molecule has 0 fully saturated rings. The fourth-order valence-corrected chi connectivity index (χ4v) is 2.40. The molecule has 2 aromatic rings. The largest absolute Gasteiger partial charge is 0.417 e. The summed E-state index contributed by atoms with van der Waals surface area (Å²) in [5.74, 6) is -2.00. The van der Waals surface area contributed by atoms with E-state index >= 15 is 0 Å². The number of benzene rings is 1. The van der Waals surface area contributed by atoms with Crippen molar-refractivity contribution in [2.75, 3.05) is 0 Å². The average Bonchev–Trinajstić information content (AvgIpc) is 2.65. The van der Waals surface area contributed by atoms with E-state index in [9.17, 15) is 22.0 Å². The zero-order valence-electron chi connectivity index (χ0n) is 8.18. The van der Waals surface area contributed by atoms with Crippen LogP contribution in [0.25, 0.3) is 10.4 Å². The topological polar surface area (TPSA) is 0 Å². The molecule has 0 N–H and O–H groups in total. The molecule has 0 atom stereocenters. The lowest BCUT2D eigenvalue weighted by Crippen LogP contribution is -2.05. The molecular weight excluding hydrogens is 259 g/mol. The molecule has 0 spiro atoms. The molecule has 0 aliphatic rings. The monoisotopic (exact) mass is 264 g/mol. The van der Waals surface area contributed by atoms with Crippen LogP contribution in [0.2, 0.25) is 0 Å². The zero-order valence-corrected chi connectivity index (χ0v) is 9.00. The Hall–Kier alpha value is -1.43. The molecule has 1 aromatic heterocycles. The fraction of sp³-hybridized carbons (Fsp3) is 0.0909. The first-order chi connectivity index (χ1) is 7.91. The third-order valence-electron chi connectivity index (χ3n) is 2.16. The van der Waals surface area contributed by atoms with Crippen LogP contribution in [0.1, 0.15) is 5.56 Å². The van der Waals surface area contributed by atoms with E-state index in [1.807, 2.05) is 0 Å². The second kappa shape index (κ2) is 4.10. The quantitative estimate of drug-likeness (QED) is 0.654. The van der Waals surface area contributed by atoms with E-state index < -0.39 is 33.8 Å². The van der Waals surface area contributed by atoms with Gasteiger partial charge in [-0.3, -0.25) is 0 Å². The molecule has 1 aromatic carbocycles. The van der Waals surface area contributed by atoms with Crippen LogP contribution in [0.15, 0.2) is 29.6 Å². The number of rotatable bonds is 1. The van der Waals surface area contributed by atoms with Gasteiger partial charge < -0.3 is 0 Å². The van der Waals surface area contributed by atoms with Crippen LogP contribution >= 0.6 is 11.3 Å². The van der Waals surface area contributed by atoms with Crippen molar-refractivity contribution >= 4 is 11.3 Å². The fourth-order valence-electron chi connectivity index (χ4n) is 1.44. The normalized spacial score (nSPS) is 11.8. The number of halogens is 5. The maximum Gasteiger partial charge on any atom is 0.417 e. The van der Waals surface area contributed by atoms with Crippen molar-refractivity contribution < 1.29 is 22.0 Å². The van der Waals surface area contributed by atoms with Gasteiger partial charge in [-0.1, -0.05) is 6.07 Å². The summed E-state index contributed by atoms with van der Waals surface area (Å²) in [6, 6.07) is 3.78. The summed E-state index contributed by atoms with van der Waals surface area (Å²) in [7, 11) is 0. The third-order valence-corrected chi connectivity index (χ3v) is 3.09. The van der Waals surface area contributed by atoms with Gasteiger partial charge >= 0.3 is 6.18 Å². The Morgan fingerprint density at radius 2 is 1.53 bits per heavy atom. The molecule has 0 saturated heterocycles.